The van der Waals surface area contributed by atoms with Gasteiger partial charge >= 0.3 is 18.1 Å². The highest BCUT2D eigenvalue weighted by Crippen LogP contribution is 2.50. The molecule has 0 spiro atoms. The third-order valence-corrected chi connectivity index (χ3v) is 7.31. The molecule has 0 radical (unpaired) electrons. The summed E-state index contributed by atoms with van der Waals surface area (Å²) >= 11 is 0. The molecule has 0 saturated heterocycles. The Balaban J connectivity index is 1.95. The van der Waals surface area contributed by atoms with E-state index in [0.717, 1.165) is 6.07 Å². The van der Waals surface area contributed by atoms with E-state index in [4.69, 9.17) is 14.2 Å². The van der Waals surface area contributed by atoms with Gasteiger partial charge < -0.3 is 14.2 Å². The molecule has 2 aliphatic rings. The molecular weight excluding hydrogens is 527 g/mol. The largest absolute Gasteiger partial charge is 0.497 e. The summed E-state index contributed by atoms with van der Waals surface area (Å²) in [4.78, 5) is 45.3. The Hall–Kier alpha value is -3.95. The van der Waals surface area contributed by atoms with E-state index in [9.17, 15) is 27.6 Å². The van der Waals surface area contributed by atoms with Crippen molar-refractivity contribution in [2.75, 3.05) is 20.3 Å². The van der Waals surface area contributed by atoms with Gasteiger partial charge in [0.15, 0.2) is 5.78 Å². The van der Waals surface area contributed by atoms with Crippen molar-refractivity contribution < 1.29 is 41.8 Å². The molecule has 4 rings (SSSR count). The molecule has 10 heteroatoms. The lowest BCUT2D eigenvalue weighted by molar-refractivity contribution is -0.154. The first-order chi connectivity index (χ1) is 19.0. The molecule has 0 aromatic heterocycles. The minimum atomic E-state index is -4.76. The van der Waals surface area contributed by atoms with E-state index in [2.05, 4.69) is 4.99 Å². The lowest BCUT2D eigenvalue weighted by atomic mass is 9.61. The highest BCUT2D eigenvalue weighted by molar-refractivity contribution is 6.18. The maximum atomic E-state index is 14.3. The van der Waals surface area contributed by atoms with E-state index in [0.29, 0.717) is 17.0 Å². The molecule has 2 aromatic rings. The van der Waals surface area contributed by atoms with Crippen LogP contribution in [-0.4, -0.2) is 43.8 Å². The van der Waals surface area contributed by atoms with Gasteiger partial charge in [-0.25, -0.2) is 4.79 Å². The maximum Gasteiger partial charge on any atom is 0.416 e. The van der Waals surface area contributed by atoms with Gasteiger partial charge in [-0.1, -0.05) is 30.3 Å². The predicted molar refractivity (Wildman–Crippen MR) is 140 cm³/mol. The van der Waals surface area contributed by atoms with Crippen molar-refractivity contribution in [1.29, 1.82) is 0 Å². The molecule has 1 heterocycles. The van der Waals surface area contributed by atoms with E-state index in [1.807, 2.05) is 0 Å². The molecule has 1 aliphatic heterocycles. The first-order valence-electron chi connectivity index (χ1n) is 13.0. The summed E-state index contributed by atoms with van der Waals surface area (Å²) in [7, 11) is 1.49. The number of esters is 2. The third kappa shape index (κ3) is 5.39. The number of ether oxygens (including phenoxy) is 3. The number of methoxy groups -OCH3 is 1. The number of carbonyl (C=O) groups excluding carboxylic acids is 3. The summed E-state index contributed by atoms with van der Waals surface area (Å²) < 4.78 is 58.5. The molecule has 0 N–H and O–H groups in total. The number of hydrogen-bond donors (Lipinski definition) is 0. The Bertz CT molecular complexity index is 1380. The van der Waals surface area contributed by atoms with Crippen molar-refractivity contribution in [2.24, 2.45) is 16.8 Å². The van der Waals surface area contributed by atoms with Crippen molar-refractivity contribution in [2.45, 2.75) is 45.2 Å². The smallest absolute Gasteiger partial charge is 0.416 e. The minimum Gasteiger partial charge on any atom is -0.497 e. The summed E-state index contributed by atoms with van der Waals surface area (Å²) in [5, 5.41) is 0. The average molecular weight is 558 g/mol. The van der Waals surface area contributed by atoms with Gasteiger partial charge in [-0.15, -0.1) is 0 Å². The number of nitrogens with zero attached hydrogens (tertiary/aromatic N) is 1. The fourth-order valence-electron chi connectivity index (χ4n) is 5.71. The van der Waals surface area contributed by atoms with Gasteiger partial charge in [0.05, 0.1) is 37.4 Å². The quantitative estimate of drug-likeness (QED) is 0.323. The summed E-state index contributed by atoms with van der Waals surface area (Å²) in [6.07, 6.45) is -4.68. The number of carbonyl (C=O) groups is 3. The Morgan fingerprint density at radius 2 is 1.70 bits per heavy atom. The van der Waals surface area contributed by atoms with E-state index in [1.54, 1.807) is 38.1 Å². The van der Waals surface area contributed by atoms with Gasteiger partial charge in [0.1, 0.15) is 11.7 Å². The van der Waals surface area contributed by atoms with Crippen LogP contribution >= 0.6 is 0 Å². The van der Waals surface area contributed by atoms with E-state index < -0.39 is 53.1 Å². The zero-order chi connectivity index (χ0) is 29.2. The second-order valence-electron chi connectivity index (χ2n) is 9.58. The monoisotopic (exact) mass is 557 g/mol. The summed E-state index contributed by atoms with van der Waals surface area (Å²) in [6.45, 7) is 4.67. The molecule has 2 aromatic carbocycles. The number of fused-ring (bicyclic) bond motifs is 1. The van der Waals surface area contributed by atoms with Gasteiger partial charge in [-0.05, 0) is 56.5 Å². The maximum absolute atomic E-state index is 14.3. The van der Waals surface area contributed by atoms with Crippen molar-refractivity contribution in [3.8, 4) is 5.75 Å². The van der Waals surface area contributed by atoms with Crippen molar-refractivity contribution in [3.05, 3.63) is 76.5 Å². The highest BCUT2D eigenvalue weighted by atomic mass is 19.4. The van der Waals surface area contributed by atoms with Gasteiger partial charge in [-0.2, -0.15) is 13.2 Å². The second-order valence-corrected chi connectivity index (χ2v) is 9.58. The number of rotatable bonds is 7. The number of aliphatic imine (C=N–C) groups is 1. The van der Waals surface area contributed by atoms with Crippen LogP contribution in [0, 0.1) is 11.8 Å². The van der Waals surface area contributed by atoms with Crippen LogP contribution in [0.15, 0.2) is 64.8 Å². The third-order valence-electron chi connectivity index (χ3n) is 7.31. The van der Waals surface area contributed by atoms with Crippen LogP contribution in [0.5, 0.6) is 5.75 Å². The molecule has 1 unspecified atom stereocenters. The van der Waals surface area contributed by atoms with E-state index >= 15 is 0 Å². The number of allylic oxidation sites excluding steroid dienone is 1. The molecule has 7 nitrogen and oxygen atoms in total. The molecule has 1 fully saturated rings. The normalized spacial score (nSPS) is 22.8. The van der Waals surface area contributed by atoms with Crippen molar-refractivity contribution in [1.82, 2.24) is 0 Å². The highest BCUT2D eigenvalue weighted by Gasteiger charge is 2.54. The van der Waals surface area contributed by atoms with Crippen LogP contribution in [-0.2, 0) is 30.0 Å². The Kier molecular flexibility index (Phi) is 8.46. The van der Waals surface area contributed by atoms with Crippen LogP contribution in [0.25, 0.3) is 0 Å². The molecular formula is C30H30F3NO6. The van der Waals surface area contributed by atoms with Crippen molar-refractivity contribution in [3.63, 3.8) is 0 Å². The zero-order valence-electron chi connectivity index (χ0n) is 22.6. The fourth-order valence-corrected chi connectivity index (χ4v) is 5.71. The lowest BCUT2D eigenvalue weighted by Crippen LogP contribution is -2.49. The first kappa shape index (κ1) is 29.0. The Labute approximate surface area is 230 Å². The van der Waals surface area contributed by atoms with Crippen molar-refractivity contribution >= 4 is 23.4 Å². The van der Waals surface area contributed by atoms with Gasteiger partial charge in [0.2, 0.25) is 0 Å². The topological polar surface area (TPSA) is 91.3 Å². The number of benzene rings is 2. The van der Waals surface area contributed by atoms with Crippen LogP contribution in [0.2, 0.25) is 0 Å². The van der Waals surface area contributed by atoms with Gasteiger partial charge in [0, 0.05) is 23.2 Å². The lowest BCUT2D eigenvalue weighted by Gasteiger charge is -2.41. The number of alkyl halides is 3. The summed E-state index contributed by atoms with van der Waals surface area (Å²) in [5.74, 6) is -6.50. The van der Waals surface area contributed by atoms with Crippen LogP contribution in [0.1, 0.15) is 55.7 Å². The molecule has 1 saturated carbocycles. The fraction of sp³-hybridized carbons (Fsp3) is 0.400. The number of Topliss-reactive ketones (excluding diaryl/α,β-unsaturated/α-hetero) is 1. The number of hydrogen-bond acceptors (Lipinski definition) is 7. The van der Waals surface area contributed by atoms with Gasteiger partial charge in [0.25, 0.3) is 0 Å². The molecule has 0 bridgehead atoms. The van der Waals surface area contributed by atoms with Crippen LogP contribution < -0.4 is 4.74 Å². The Morgan fingerprint density at radius 3 is 2.35 bits per heavy atom. The SMILES string of the molecule is CCOC(=O)C1=C(C)N=C2C[C@@H](c3cccc(OC)c3)[C@H](C(=O)OCC)C(=O)C2[C@@H]1c1ccccc1C(F)(F)F. The Morgan fingerprint density at radius 1 is 1.00 bits per heavy atom. The summed E-state index contributed by atoms with van der Waals surface area (Å²) in [5.41, 5.74) is -0.291. The summed E-state index contributed by atoms with van der Waals surface area (Å²) in [6, 6.07) is 11.7. The molecule has 1 aliphatic carbocycles. The molecule has 40 heavy (non-hydrogen) atoms. The minimum absolute atomic E-state index is 0.00643. The number of ketones is 1. The van der Waals surface area contributed by atoms with Crippen LogP contribution in [0.4, 0.5) is 13.2 Å². The number of halogens is 3. The molecule has 0 amide bonds. The van der Waals surface area contributed by atoms with E-state index in [1.165, 1.54) is 32.2 Å². The second kappa shape index (κ2) is 11.7. The van der Waals surface area contributed by atoms with Crippen LogP contribution in [0.3, 0.4) is 0 Å². The average Bonchev–Trinajstić information content (AvgIpc) is 2.91. The zero-order valence-corrected chi connectivity index (χ0v) is 22.6. The van der Waals surface area contributed by atoms with Gasteiger partial charge in [-0.3, -0.25) is 14.6 Å². The predicted octanol–water partition coefficient (Wildman–Crippen LogP) is 5.64. The van der Waals surface area contributed by atoms with E-state index in [-0.39, 0.29) is 36.5 Å². The molecule has 212 valence electrons. The molecule has 4 atom stereocenters. The standard InChI is InChI=1S/C30H30F3NO6/c1-5-39-28(36)23-16(3)34-22-15-20(17-10-9-11-18(14-17)38-4)25(29(37)40-6-2)27(35)26(22)24(23)19-12-7-8-13-21(19)30(31,32)33/h7-14,20,24-26H,5-6,15H2,1-4H3/t20-,24+,25-,26?/m0/s1. The first-order valence-corrected chi connectivity index (χ1v) is 13.0.